The second-order valence-electron chi connectivity index (χ2n) is 8.69. The van der Waals surface area contributed by atoms with Crippen molar-refractivity contribution < 1.29 is 27.3 Å². The van der Waals surface area contributed by atoms with Gasteiger partial charge in [-0.2, -0.15) is 8.42 Å². The van der Waals surface area contributed by atoms with E-state index >= 15 is 0 Å². The number of anilines is 1. The Morgan fingerprint density at radius 1 is 1.00 bits per heavy atom. The van der Waals surface area contributed by atoms with Gasteiger partial charge >= 0.3 is 16.4 Å². The normalized spacial score (nSPS) is 13.5. The first-order valence-corrected chi connectivity index (χ1v) is 13.4. The van der Waals surface area contributed by atoms with Crippen molar-refractivity contribution in [2.75, 3.05) is 11.8 Å². The maximum absolute atomic E-state index is 13.4. The lowest BCUT2D eigenvalue weighted by Gasteiger charge is -2.24. The Kier molecular flexibility index (Phi) is 11.6. The van der Waals surface area contributed by atoms with Crippen molar-refractivity contribution >= 4 is 33.7 Å². The van der Waals surface area contributed by atoms with Gasteiger partial charge < -0.3 is 15.4 Å². The first-order chi connectivity index (χ1) is 18.4. The molecule has 2 aromatic rings. The minimum absolute atomic E-state index is 0.171. The number of rotatable bonds is 13. The number of carbonyl (C=O) groups excluding carboxylic acids is 2. The molecule has 4 N–H and O–H groups in total. The molecule has 1 unspecified atom stereocenters. The largest absolute Gasteiger partial charge is 0.453 e. The van der Waals surface area contributed by atoms with Crippen molar-refractivity contribution in [3.05, 3.63) is 102 Å². The molecule has 0 fully saturated rings. The molecule has 10 nitrogen and oxygen atoms in total. The van der Waals surface area contributed by atoms with Crippen LogP contribution in [0.1, 0.15) is 25.0 Å². The van der Waals surface area contributed by atoms with E-state index < -0.39 is 34.4 Å². The zero-order valence-corrected chi connectivity index (χ0v) is 23.0. The lowest BCUT2D eigenvalue weighted by Crippen LogP contribution is -2.51. The highest BCUT2D eigenvalue weighted by Crippen LogP contribution is 2.17. The number of nitrogens with one attached hydrogen (secondary N) is 3. The molecule has 2 rings (SSSR count). The molecule has 208 valence electrons. The van der Waals surface area contributed by atoms with Crippen molar-refractivity contribution in [1.29, 1.82) is 0 Å². The monoisotopic (exact) mass is 554 g/mol. The number of benzene rings is 2. The van der Waals surface area contributed by atoms with Gasteiger partial charge in [0.25, 0.3) is 0 Å². The van der Waals surface area contributed by atoms with Crippen LogP contribution in [0.2, 0.25) is 0 Å². The lowest BCUT2D eigenvalue weighted by atomic mass is 10.0. The summed E-state index contributed by atoms with van der Waals surface area (Å²) in [7, 11) is -3.20. The number of methoxy groups -OCH3 is 1. The highest BCUT2D eigenvalue weighted by atomic mass is 32.2. The molecule has 2 aromatic carbocycles. The molecule has 0 saturated heterocycles. The van der Waals surface area contributed by atoms with Crippen LogP contribution in [0, 0.1) is 0 Å². The van der Waals surface area contributed by atoms with Crippen LogP contribution in [-0.4, -0.2) is 49.9 Å². The fourth-order valence-corrected chi connectivity index (χ4v) is 3.99. The van der Waals surface area contributed by atoms with Gasteiger partial charge in [0, 0.05) is 12.1 Å². The predicted octanol–water partition coefficient (Wildman–Crippen LogP) is 4.00. The van der Waals surface area contributed by atoms with E-state index in [1.807, 2.05) is 48.9 Å². The van der Waals surface area contributed by atoms with Gasteiger partial charge in [-0.1, -0.05) is 67.8 Å². The van der Waals surface area contributed by atoms with Gasteiger partial charge in [-0.05, 0) is 49.1 Å². The number of nitrogens with zero attached hydrogens (tertiary/aromatic N) is 1. The molecule has 0 bridgehead atoms. The summed E-state index contributed by atoms with van der Waals surface area (Å²) in [5.41, 5.74) is 3.66. The third-order valence-corrected chi connectivity index (χ3v) is 6.18. The Bertz CT molecular complexity index is 1340. The molecule has 0 spiro atoms. The van der Waals surface area contributed by atoms with Crippen molar-refractivity contribution in [3.63, 3.8) is 0 Å². The number of amides is 2. The fourth-order valence-electron chi connectivity index (χ4n) is 3.56. The van der Waals surface area contributed by atoms with Crippen LogP contribution in [0.3, 0.4) is 0 Å². The van der Waals surface area contributed by atoms with E-state index in [0.717, 1.165) is 16.7 Å². The molecular weight excluding hydrogens is 520 g/mol. The van der Waals surface area contributed by atoms with E-state index in [4.69, 9.17) is 9.29 Å². The van der Waals surface area contributed by atoms with Crippen molar-refractivity contribution in [1.82, 2.24) is 10.6 Å². The van der Waals surface area contributed by atoms with Gasteiger partial charge in [-0.15, -0.1) is 0 Å². The summed E-state index contributed by atoms with van der Waals surface area (Å²) >= 11 is 0. The van der Waals surface area contributed by atoms with E-state index in [9.17, 15) is 18.0 Å². The number of ether oxygens (including phenoxy) is 1. The van der Waals surface area contributed by atoms with Gasteiger partial charge in [-0.25, -0.2) is 4.79 Å². The zero-order valence-electron chi connectivity index (χ0n) is 22.2. The molecule has 0 aromatic heterocycles. The SMILES string of the molecule is C=C/C=C(\C)C(C)=NC(=C)C(Cc1ccc(NS(=O)(=O)O)cc1)NC(=O)[C@H](Cc1ccccc1)NC(=O)OC. The second kappa shape index (κ2) is 14.6. The molecule has 0 aliphatic heterocycles. The Morgan fingerprint density at radius 2 is 1.59 bits per heavy atom. The number of carbonyl (C=O) groups is 2. The third-order valence-electron chi connectivity index (χ3n) is 5.69. The average molecular weight is 555 g/mol. The molecule has 11 heteroatoms. The van der Waals surface area contributed by atoms with Crippen LogP contribution in [0.15, 0.2) is 96.2 Å². The summed E-state index contributed by atoms with van der Waals surface area (Å²) in [6.07, 6.45) is 3.18. The smallest absolute Gasteiger partial charge is 0.407 e. The Balaban J connectivity index is 2.35. The van der Waals surface area contributed by atoms with Crippen LogP contribution in [0.4, 0.5) is 10.5 Å². The van der Waals surface area contributed by atoms with Crippen LogP contribution in [0.25, 0.3) is 0 Å². The predicted molar refractivity (Wildman–Crippen MR) is 153 cm³/mol. The molecule has 0 heterocycles. The van der Waals surface area contributed by atoms with Crippen molar-refractivity contribution in [2.45, 2.75) is 38.8 Å². The van der Waals surface area contributed by atoms with Crippen LogP contribution in [-0.2, 0) is 32.7 Å². The maximum Gasteiger partial charge on any atom is 0.407 e. The number of allylic oxidation sites excluding steroid dienone is 3. The lowest BCUT2D eigenvalue weighted by molar-refractivity contribution is -0.123. The van der Waals surface area contributed by atoms with E-state index in [1.54, 1.807) is 24.3 Å². The minimum Gasteiger partial charge on any atom is -0.453 e. The van der Waals surface area contributed by atoms with Gasteiger partial charge in [0.2, 0.25) is 5.91 Å². The Labute approximate surface area is 229 Å². The Hall–Kier alpha value is -4.22. The van der Waals surface area contributed by atoms with Crippen LogP contribution in [0.5, 0.6) is 0 Å². The summed E-state index contributed by atoms with van der Waals surface area (Å²) in [4.78, 5) is 30.0. The summed E-state index contributed by atoms with van der Waals surface area (Å²) < 4.78 is 37.9. The molecule has 2 atom stereocenters. The molecule has 2 amide bonds. The number of hydrogen-bond donors (Lipinski definition) is 4. The van der Waals surface area contributed by atoms with Gasteiger partial charge in [0.15, 0.2) is 0 Å². The topological polar surface area (TPSA) is 146 Å². The number of aliphatic imine (C=N–C) groups is 1. The van der Waals surface area contributed by atoms with E-state index in [-0.39, 0.29) is 18.5 Å². The van der Waals surface area contributed by atoms with Crippen molar-refractivity contribution in [3.8, 4) is 0 Å². The molecule has 0 aliphatic carbocycles. The number of hydrogen-bond acceptors (Lipinski definition) is 6. The maximum atomic E-state index is 13.4. The minimum atomic E-state index is -4.41. The first-order valence-electron chi connectivity index (χ1n) is 12.0. The first kappa shape index (κ1) is 31.0. The highest BCUT2D eigenvalue weighted by molar-refractivity contribution is 7.87. The van der Waals surface area contributed by atoms with Crippen LogP contribution < -0.4 is 15.4 Å². The van der Waals surface area contributed by atoms with E-state index in [2.05, 4.69) is 28.8 Å². The van der Waals surface area contributed by atoms with Gasteiger partial charge in [0.1, 0.15) is 6.04 Å². The molecule has 0 radical (unpaired) electrons. The van der Waals surface area contributed by atoms with Crippen LogP contribution >= 0.6 is 0 Å². The molecule has 39 heavy (non-hydrogen) atoms. The summed E-state index contributed by atoms with van der Waals surface area (Å²) in [6.45, 7) is 11.5. The highest BCUT2D eigenvalue weighted by Gasteiger charge is 2.25. The third kappa shape index (κ3) is 11.0. The number of alkyl carbamates (subject to hydrolysis) is 1. The average Bonchev–Trinajstić information content (AvgIpc) is 2.88. The van der Waals surface area contributed by atoms with E-state index in [0.29, 0.717) is 11.4 Å². The van der Waals surface area contributed by atoms with E-state index in [1.165, 1.54) is 19.2 Å². The van der Waals surface area contributed by atoms with Gasteiger partial charge in [-0.3, -0.25) is 19.1 Å². The Morgan fingerprint density at radius 3 is 2.15 bits per heavy atom. The summed E-state index contributed by atoms with van der Waals surface area (Å²) in [5.74, 6) is -0.466. The molecule has 0 aliphatic rings. The summed E-state index contributed by atoms with van der Waals surface area (Å²) in [6, 6.07) is 13.9. The van der Waals surface area contributed by atoms with Gasteiger partial charge in [0.05, 0.1) is 24.5 Å². The quantitative estimate of drug-likeness (QED) is 0.167. The zero-order chi connectivity index (χ0) is 29.0. The standard InChI is InChI=1S/C28H34N4O6S/c1-6-10-19(2)20(3)29-21(4)25(17-23-13-15-24(16-14-23)32-39(35,36)37)30-27(33)26(31-28(34)38-5)18-22-11-8-7-9-12-22/h6-16,25-26,32H,1,4,17-18H2,2-3,5H3,(H,30,33)(H,31,34)(H,35,36,37)/b19-10+,29-20?/t25?,26-/m0/s1. The second-order valence-corrected chi connectivity index (χ2v) is 9.85. The fraction of sp³-hybridized carbons (Fsp3) is 0.250. The summed E-state index contributed by atoms with van der Waals surface area (Å²) in [5, 5.41) is 5.52. The molecule has 0 saturated carbocycles. The molecular formula is C28H34N4O6S. The van der Waals surface area contributed by atoms with Crippen molar-refractivity contribution in [2.24, 2.45) is 4.99 Å².